The Hall–Kier alpha value is -3.03. The summed E-state index contributed by atoms with van der Waals surface area (Å²) in [4.78, 5) is 22.9. The van der Waals surface area contributed by atoms with Gasteiger partial charge in [-0.15, -0.1) is 0 Å². The van der Waals surface area contributed by atoms with Crippen molar-refractivity contribution in [1.82, 2.24) is 4.98 Å². The second-order valence-corrected chi connectivity index (χ2v) is 8.59. The maximum absolute atomic E-state index is 12.2. The molecule has 1 atom stereocenters. The number of nitrogens with two attached hydrogens (primary N) is 1. The molecule has 1 unspecified atom stereocenters. The first kappa shape index (κ1) is 21.7. The number of thioether (sulfide) groups is 1. The van der Waals surface area contributed by atoms with E-state index >= 15 is 0 Å². The molecule has 0 radical (unpaired) electrons. The molecule has 0 aliphatic carbocycles. The van der Waals surface area contributed by atoms with E-state index in [0.29, 0.717) is 40.0 Å². The van der Waals surface area contributed by atoms with Crippen LogP contribution in [0.25, 0.3) is 4.85 Å². The van der Waals surface area contributed by atoms with E-state index in [1.807, 2.05) is 37.3 Å². The number of amides is 1. The van der Waals surface area contributed by atoms with Crippen LogP contribution in [0.1, 0.15) is 48.6 Å². The van der Waals surface area contributed by atoms with E-state index in [0.717, 1.165) is 31.5 Å². The summed E-state index contributed by atoms with van der Waals surface area (Å²) in [5, 5.41) is 9.67. The van der Waals surface area contributed by atoms with E-state index in [2.05, 4.69) is 22.7 Å². The number of hydrogen-bond donors (Lipinski definition) is 1. The van der Waals surface area contributed by atoms with Gasteiger partial charge in [0, 0.05) is 13.1 Å². The largest absolute Gasteiger partial charge is 0.368 e. The Bertz CT molecular complexity index is 1000. The zero-order valence-electron chi connectivity index (χ0n) is 17.3. The van der Waals surface area contributed by atoms with Crippen LogP contribution >= 0.6 is 11.8 Å². The van der Waals surface area contributed by atoms with E-state index in [1.54, 1.807) is 0 Å². The number of aromatic nitrogens is 1. The number of primary amides is 1. The standard InChI is InChI=1S/C23H25N5OS/c1-4-17-18(14-24)23(30-20(21(25)29)16-8-6-5-7-9-16)27-22(19(17)26-3)28-12-10-15(2)11-13-28/h5-9,15,20H,4,10-13H2,1-2H3,(H2,25,29). The van der Waals surface area contributed by atoms with Crippen molar-refractivity contribution in [3.63, 3.8) is 0 Å². The number of benzene rings is 1. The molecule has 154 valence electrons. The van der Waals surface area contributed by atoms with Crippen LogP contribution in [-0.4, -0.2) is 24.0 Å². The Morgan fingerprint density at radius 1 is 1.40 bits per heavy atom. The number of pyridine rings is 1. The number of carbonyl (C=O) groups excluding carboxylic acids is 1. The van der Waals surface area contributed by atoms with Crippen molar-refractivity contribution < 1.29 is 4.79 Å². The minimum Gasteiger partial charge on any atom is -0.368 e. The molecule has 1 amide bonds. The lowest BCUT2D eigenvalue weighted by Gasteiger charge is -2.33. The van der Waals surface area contributed by atoms with E-state index in [1.165, 1.54) is 11.8 Å². The summed E-state index contributed by atoms with van der Waals surface area (Å²) < 4.78 is 0. The molecular formula is C23H25N5OS. The zero-order valence-corrected chi connectivity index (χ0v) is 18.1. The van der Waals surface area contributed by atoms with Crippen LogP contribution in [0.3, 0.4) is 0 Å². The Morgan fingerprint density at radius 2 is 2.07 bits per heavy atom. The summed E-state index contributed by atoms with van der Waals surface area (Å²) in [5.41, 5.74) is 7.97. The number of nitriles is 1. The quantitative estimate of drug-likeness (QED) is 0.545. The van der Waals surface area contributed by atoms with Gasteiger partial charge in [-0.25, -0.2) is 9.83 Å². The Labute approximate surface area is 181 Å². The van der Waals surface area contributed by atoms with Gasteiger partial charge in [0.25, 0.3) is 0 Å². The maximum Gasteiger partial charge on any atom is 0.235 e. The lowest BCUT2D eigenvalue weighted by atomic mass is 9.98. The topological polar surface area (TPSA) is 87.4 Å². The van der Waals surface area contributed by atoms with Gasteiger partial charge in [0.1, 0.15) is 22.2 Å². The normalized spacial score (nSPS) is 15.3. The predicted octanol–water partition coefficient (Wildman–Crippen LogP) is 4.62. The second-order valence-electron chi connectivity index (χ2n) is 7.50. The van der Waals surface area contributed by atoms with E-state index in [4.69, 9.17) is 17.3 Å². The van der Waals surface area contributed by atoms with Crippen molar-refractivity contribution in [3.8, 4) is 6.07 Å². The predicted molar refractivity (Wildman–Crippen MR) is 119 cm³/mol. The molecule has 1 saturated heterocycles. The van der Waals surface area contributed by atoms with Crippen molar-refractivity contribution in [1.29, 1.82) is 5.26 Å². The molecular weight excluding hydrogens is 394 g/mol. The SMILES string of the molecule is [C-]#[N+]c1c(N2CCC(C)CC2)nc(SC(C(N)=O)c2ccccc2)c(C#N)c1CC. The third kappa shape index (κ3) is 4.42. The summed E-state index contributed by atoms with van der Waals surface area (Å²) in [6, 6.07) is 11.5. The van der Waals surface area contributed by atoms with Gasteiger partial charge in [-0.1, -0.05) is 55.9 Å². The monoisotopic (exact) mass is 419 g/mol. The highest BCUT2D eigenvalue weighted by Gasteiger charge is 2.28. The van der Waals surface area contributed by atoms with Crippen molar-refractivity contribution in [2.24, 2.45) is 11.7 Å². The van der Waals surface area contributed by atoms with E-state index < -0.39 is 11.2 Å². The molecule has 1 aromatic heterocycles. The van der Waals surface area contributed by atoms with Crippen LogP contribution in [0.5, 0.6) is 0 Å². The first-order chi connectivity index (χ1) is 14.5. The van der Waals surface area contributed by atoms with Crippen LogP contribution < -0.4 is 10.6 Å². The van der Waals surface area contributed by atoms with Gasteiger partial charge in [0.15, 0.2) is 0 Å². The summed E-state index contributed by atoms with van der Waals surface area (Å²) in [6.07, 6.45) is 2.62. The number of nitrogens with zero attached hydrogens (tertiary/aromatic N) is 4. The number of anilines is 1. The molecule has 7 heteroatoms. The molecule has 1 aliphatic heterocycles. The number of piperidine rings is 1. The fourth-order valence-corrected chi connectivity index (χ4v) is 4.78. The van der Waals surface area contributed by atoms with Gasteiger partial charge in [0.05, 0.1) is 12.1 Å². The minimum absolute atomic E-state index is 0.366. The van der Waals surface area contributed by atoms with E-state index in [9.17, 15) is 10.1 Å². The fraction of sp³-hybridized carbons (Fsp3) is 0.391. The van der Waals surface area contributed by atoms with E-state index in [-0.39, 0.29) is 0 Å². The summed E-state index contributed by atoms with van der Waals surface area (Å²) in [5.74, 6) is 0.775. The van der Waals surface area contributed by atoms with Gasteiger partial charge in [-0.2, -0.15) is 5.26 Å². The van der Waals surface area contributed by atoms with Crippen LogP contribution in [0.4, 0.5) is 11.5 Å². The number of carbonyl (C=O) groups is 1. The van der Waals surface area contributed by atoms with Crippen molar-refractivity contribution in [2.75, 3.05) is 18.0 Å². The lowest BCUT2D eigenvalue weighted by Crippen LogP contribution is -2.33. The highest BCUT2D eigenvalue weighted by atomic mass is 32.2. The van der Waals surface area contributed by atoms with Gasteiger partial charge in [-0.05, 0) is 36.3 Å². The molecule has 1 aromatic carbocycles. The van der Waals surface area contributed by atoms with Gasteiger partial charge in [0.2, 0.25) is 11.6 Å². The van der Waals surface area contributed by atoms with Crippen LogP contribution in [0, 0.1) is 23.8 Å². The maximum atomic E-state index is 12.2. The molecule has 30 heavy (non-hydrogen) atoms. The second kappa shape index (κ2) is 9.65. The van der Waals surface area contributed by atoms with Crippen LogP contribution in [0.2, 0.25) is 0 Å². The first-order valence-corrected chi connectivity index (χ1v) is 11.0. The first-order valence-electron chi connectivity index (χ1n) is 10.1. The molecule has 0 bridgehead atoms. The molecule has 3 rings (SSSR count). The summed E-state index contributed by atoms with van der Waals surface area (Å²) in [6.45, 7) is 13.6. The number of rotatable bonds is 6. The zero-order chi connectivity index (χ0) is 21.7. The smallest absolute Gasteiger partial charge is 0.235 e. The third-order valence-corrected chi connectivity index (χ3v) is 6.73. The minimum atomic E-state index is -0.663. The molecule has 6 nitrogen and oxygen atoms in total. The van der Waals surface area contributed by atoms with Gasteiger partial charge < -0.3 is 10.6 Å². The molecule has 2 heterocycles. The molecule has 1 aliphatic rings. The van der Waals surface area contributed by atoms with Crippen molar-refractivity contribution in [3.05, 3.63) is 58.4 Å². The van der Waals surface area contributed by atoms with Crippen LogP contribution in [0.15, 0.2) is 35.4 Å². The van der Waals surface area contributed by atoms with Crippen molar-refractivity contribution in [2.45, 2.75) is 43.4 Å². The average Bonchev–Trinajstić information content (AvgIpc) is 2.77. The Morgan fingerprint density at radius 3 is 2.60 bits per heavy atom. The summed E-state index contributed by atoms with van der Waals surface area (Å²) in [7, 11) is 0. The summed E-state index contributed by atoms with van der Waals surface area (Å²) >= 11 is 1.19. The van der Waals surface area contributed by atoms with Gasteiger partial charge >= 0.3 is 0 Å². The molecule has 2 aromatic rings. The molecule has 2 N–H and O–H groups in total. The molecule has 0 saturated carbocycles. The van der Waals surface area contributed by atoms with Crippen molar-refractivity contribution >= 4 is 29.2 Å². The molecule has 1 fully saturated rings. The Balaban J connectivity index is 2.11. The van der Waals surface area contributed by atoms with Gasteiger partial charge in [-0.3, -0.25) is 4.79 Å². The highest BCUT2D eigenvalue weighted by molar-refractivity contribution is 8.00. The lowest BCUT2D eigenvalue weighted by molar-refractivity contribution is -0.117. The van der Waals surface area contributed by atoms with Crippen LogP contribution in [-0.2, 0) is 11.2 Å². The highest BCUT2D eigenvalue weighted by Crippen LogP contribution is 2.43. The number of hydrogen-bond acceptors (Lipinski definition) is 5. The average molecular weight is 420 g/mol. The Kier molecular flexibility index (Phi) is 6.97. The third-order valence-electron chi connectivity index (χ3n) is 5.47. The fourth-order valence-electron chi connectivity index (χ4n) is 3.72. The molecule has 0 spiro atoms.